The monoisotopic (exact) mass is 423 g/mol. The Bertz CT molecular complexity index is 993. The number of hydrogen-bond acceptors (Lipinski definition) is 6. The Morgan fingerprint density at radius 3 is 2.14 bits per heavy atom. The number of carboxylic acid groups (broad SMARTS) is 1. The van der Waals surface area contributed by atoms with Crippen LogP contribution in [0.2, 0.25) is 0 Å². The van der Waals surface area contributed by atoms with E-state index < -0.39 is 16.0 Å². The van der Waals surface area contributed by atoms with E-state index in [0.29, 0.717) is 17.7 Å². The van der Waals surface area contributed by atoms with Crippen molar-refractivity contribution in [1.82, 2.24) is 0 Å². The van der Waals surface area contributed by atoms with Crippen molar-refractivity contribution in [1.29, 1.82) is 0 Å². The number of carboxylic acids is 1. The summed E-state index contributed by atoms with van der Waals surface area (Å²) in [7, 11) is -1.16. The standard InChI is InChI=1S/C20H25NO7S/c1-12-8-13(2)19(14(3)9-12)29(24,25)21-16-11-18(28-7-6-26-4)17(27-5)10-15(16)20(22)23/h8-11,21H,6-7H2,1-5H3,(H,22,23). The molecule has 0 aromatic heterocycles. The molecule has 0 saturated heterocycles. The van der Waals surface area contributed by atoms with Crippen molar-refractivity contribution in [3.63, 3.8) is 0 Å². The van der Waals surface area contributed by atoms with E-state index in [2.05, 4.69) is 4.72 Å². The zero-order valence-corrected chi connectivity index (χ0v) is 17.8. The van der Waals surface area contributed by atoms with Gasteiger partial charge in [-0.1, -0.05) is 17.7 Å². The van der Waals surface area contributed by atoms with E-state index in [1.165, 1.54) is 26.4 Å². The van der Waals surface area contributed by atoms with Gasteiger partial charge in [0, 0.05) is 19.2 Å². The summed E-state index contributed by atoms with van der Waals surface area (Å²) >= 11 is 0. The van der Waals surface area contributed by atoms with Crippen LogP contribution in [0.3, 0.4) is 0 Å². The number of aromatic carboxylic acids is 1. The van der Waals surface area contributed by atoms with Gasteiger partial charge < -0.3 is 19.3 Å². The Hall–Kier alpha value is -2.78. The highest BCUT2D eigenvalue weighted by atomic mass is 32.2. The molecule has 9 heteroatoms. The maximum Gasteiger partial charge on any atom is 0.337 e. The van der Waals surface area contributed by atoms with Gasteiger partial charge in [-0.15, -0.1) is 0 Å². The molecular weight excluding hydrogens is 398 g/mol. The summed E-state index contributed by atoms with van der Waals surface area (Å²) in [5, 5.41) is 9.55. The number of sulfonamides is 1. The average Bonchev–Trinajstić information content (AvgIpc) is 2.60. The van der Waals surface area contributed by atoms with E-state index >= 15 is 0 Å². The van der Waals surface area contributed by atoms with Crippen LogP contribution in [0.15, 0.2) is 29.2 Å². The van der Waals surface area contributed by atoms with E-state index in [-0.39, 0.29) is 34.3 Å². The molecule has 0 unspecified atom stereocenters. The molecule has 0 saturated carbocycles. The Kier molecular flexibility index (Phi) is 7.10. The first-order chi connectivity index (χ1) is 13.6. The molecule has 0 radical (unpaired) electrons. The van der Waals surface area contributed by atoms with Crippen LogP contribution in [0.1, 0.15) is 27.0 Å². The van der Waals surface area contributed by atoms with Crippen molar-refractivity contribution in [2.75, 3.05) is 32.2 Å². The normalized spacial score (nSPS) is 11.2. The largest absolute Gasteiger partial charge is 0.493 e. The van der Waals surface area contributed by atoms with Crippen molar-refractivity contribution in [3.8, 4) is 11.5 Å². The molecule has 0 heterocycles. The lowest BCUT2D eigenvalue weighted by molar-refractivity contribution is 0.0697. The van der Waals surface area contributed by atoms with Gasteiger partial charge in [-0.3, -0.25) is 4.72 Å². The van der Waals surface area contributed by atoms with Gasteiger partial charge in [0.25, 0.3) is 10.0 Å². The second-order valence-electron chi connectivity index (χ2n) is 6.53. The minimum atomic E-state index is -4.04. The van der Waals surface area contributed by atoms with Crippen molar-refractivity contribution < 1.29 is 32.5 Å². The molecule has 158 valence electrons. The molecule has 0 atom stereocenters. The zero-order valence-electron chi connectivity index (χ0n) is 17.0. The second kappa shape index (κ2) is 9.15. The predicted molar refractivity (Wildman–Crippen MR) is 109 cm³/mol. The first-order valence-corrected chi connectivity index (χ1v) is 10.3. The van der Waals surface area contributed by atoms with Gasteiger partial charge in [0.15, 0.2) is 11.5 Å². The van der Waals surface area contributed by atoms with Gasteiger partial charge in [-0.2, -0.15) is 0 Å². The minimum absolute atomic E-state index is 0.108. The summed E-state index contributed by atoms with van der Waals surface area (Å²) in [4.78, 5) is 11.8. The van der Waals surface area contributed by atoms with Crippen molar-refractivity contribution in [2.24, 2.45) is 0 Å². The van der Waals surface area contributed by atoms with E-state index in [4.69, 9.17) is 14.2 Å². The molecule has 2 N–H and O–H groups in total. The van der Waals surface area contributed by atoms with Gasteiger partial charge >= 0.3 is 5.97 Å². The molecule has 0 aliphatic carbocycles. The lowest BCUT2D eigenvalue weighted by atomic mass is 10.1. The quantitative estimate of drug-likeness (QED) is 0.596. The summed E-state index contributed by atoms with van der Waals surface area (Å²) in [5.74, 6) is -0.935. The molecule has 2 aromatic carbocycles. The Morgan fingerprint density at radius 1 is 1.00 bits per heavy atom. The third-order valence-electron chi connectivity index (χ3n) is 4.20. The summed E-state index contributed by atoms with van der Waals surface area (Å²) < 4.78 is 44.2. The summed E-state index contributed by atoms with van der Waals surface area (Å²) in [6, 6.07) is 6.03. The van der Waals surface area contributed by atoms with Crippen LogP contribution < -0.4 is 14.2 Å². The van der Waals surface area contributed by atoms with E-state index in [1.807, 2.05) is 6.92 Å². The maximum absolute atomic E-state index is 13.1. The van der Waals surface area contributed by atoms with E-state index in [1.54, 1.807) is 26.0 Å². The number of hydrogen-bond donors (Lipinski definition) is 2. The lowest BCUT2D eigenvalue weighted by Crippen LogP contribution is -2.18. The number of rotatable bonds is 9. The maximum atomic E-state index is 13.1. The topological polar surface area (TPSA) is 111 Å². The first kappa shape index (κ1) is 22.5. The molecule has 0 spiro atoms. The molecule has 2 rings (SSSR count). The minimum Gasteiger partial charge on any atom is -0.493 e. The van der Waals surface area contributed by atoms with Gasteiger partial charge in [-0.25, -0.2) is 13.2 Å². The smallest absolute Gasteiger partial charge is 0.337 e. The molecule has 0 amide bonds. The number of carbonyl (C=O) groups is 1. The number of anilines is 1. The van der Waals surface area contributed by atoms with Crippen LogP contribution in [0.4, 0.5) is 5.69 Å². The molecule has 0 aliphatic rings. The molecule has 0 fully saturated rings. The van der Waals surface area contributed by atoms with Gasteiger partial charge in [0.05, 0.1) is 29.9 Å². The van der Waals surface area contributed by atoms with Crippen LogP contribution >= 0.6 is 0 Å². The Labute approximate surface area is 170 Å². The molecular formula is C20H25NO7S. The lowest BCUT2D eigenvalue weighted by Gasteiger charge is -2.17. The predicted octanol–water partition coefficient (Wildman–Crippen LogP) is 3.14. The third kappa shape index (κ3) is 5.18. The SMILES string of the molecule is COCCOc1cc(NS(=O)(=O)c2c(C)cc(C)cc2C)c(C(=O)O)cc1OC. The van der Waals surface area contributed by atoms with Crippen molar-refractivity contribution in [2.45, 2.75) is 25.7 Å². The average molecular weight is 423 g/mol. The van der Waals surface area contributed by atoms with E-state index in [0.717, 1.165) is 5.56 Å². The number of aryl methyl sites for hydroxylation is 3. The zero-order chi connectivity index (χ0) is 21.8. The molecule has 8 nitrogen and oxygen atoms in total. The highest BCUT2D eigenvalue weighted by Crippen LogP contribution is 2.35. The fourth-order valence-electron chi connectivity index (χ4n) is 3.12. The molecule has 0 bridgehead atoms. The highest BCUT2D eigenvalue weighted by molar-refractivity contribution is 7.92. The van der Waals surface area contributed by atoms with E-state index in [9.17, 15) is 18.3 Å². The molecule has 0 aliphatic heterocycles. The number of methoxy groups -OCH3 is 2. The van der Waals surface area contributed by atoms with Crippen LogP contribution in [0.5, 0.6) is 11.5 Å². The third-order valence-corrected chi connectivity index (χ3v) is 5.87. The molecule has 2 aromatic rings. The number of ether oxygens (including phenoxy) is 3. The summed E-state index contributed by atoms with van der Waals surface area (Å²) in [6.45, 7) is 5.74. The summed E-state index contributed by atoms with van der Waals surface area (Å²) in [6.07, 6.45) is 0. The first-order valence-electron chi connectivity index (χ1n) is 8.78. The fraction of sp³-hybridized carbons (Fsp3) is 0.350. The van der Waals surface area contributed by atoms with Gasteiger partial charge in [0.2, 0.25) is 0 Å². The van der Waals surface area contributed by atoms with Gasteiger partial charge in [0.1, 0.15) is 6.61 Å². The Balaban J connectivity index is 2.55. The van der Waals surface area contributed by atoms with Crippen molar-refractivity contribution in [3.05, 3.63) is 46.5 Å². The number of benzene rings is 2. The highest BCUT2D eigenvalue weighted by Gasteiger charge is 2.24. The van der Waals surface area contributed by atoms with Crippen LogP contribution in [0, 0.1) is 20.8 Å². The summed E-state index contributed by atoms with van der Waals surface area (Å²) in [5.41, 5.74) is 1.69. The van der Waals surface area contributed by atoms with Crippen LogP contribution in [-0.2, 0) is 14.8 Å². The van der Waals surface area contributed by atoms with Crippen LogP contribution in [-0.4, -0.2) is 46.9 Å². The fourth-order valence-corrected chi connectivity index (χ4v) is 4.64. The number of nitrogens with one attached hydrogen (secondary N) is 1. The Morgan fingerprint density at radius 2 is 1.62 bits per heavy atom. The molecule has 29 heavy (non-hydrogen) atoms. The van der Waals surface area contributed by atoms with Crippen molar-refractivity contribution >= 4 is 21.7 Å². The van der Waals surface area contributed by atoms with Gasteiger partial charge in [-0.05, 0) is 31.9 Å². The second-order valence-corrected chi connectivity index (χ2v) is 8.15. The van der Waals surface area contributed by atoms with Crippen LogP contribution in [0.25, 0.3) is 0 Å².